The van der Waals surface area contributed by atoms with Crippen LogP contribution in [0.3, 0.4) is 0 Å². The number of nitrogen functional groups attached to an aromatic ring is 1. The van der Waals surface area contributed by atoms with Crippen molar-refractivity contribution < 1.29 is 0 Å². The van der Waals surface area contributed by atoms with E-state index in [0.29, 0.717) is 11.6 Å². The van der Waals surface area contributed by atoms with Gasteiger partial charge in [0.2, 0.25) is 0 Å². The molecule has 0 aromatic carbocycles. The molecule has 0 atom stereocenters. The van der Waals surface area contributed by atoms with Gasteiger partial charge in [0.05, 0.1) is 17.4 Å². The Bertz CT molecular complexity index is 645. The van der Waals surface area contributed by atoms with Gasteiger partial charge in [-0.05, 0) is 0 Å². The Hall–Kier alpha value is -2.15. The molecule has 0 fully saturated rings. The fourth-order valence-corrected chi connectivity index (χ4v) is 2.33. The fourth-order valence-electron chi connectivity index (χ4n) is 1.74. The van der Waals surface area contributed by atoms with Gasteiger partial charge in [-0.25, -0.2) is 15.0 Å². The van der Waals surface area contributed by atoms with Gasteiger partial charge in [-0.3, -0.25) is 0 Å². The van der Waals surface area contributed by atoms with E-state index >= 15 is 0 Å². The van der Waals surface area contributed by atoms with Crippen LogP contribution in [0.4, 0.5) is 11.6 Å². The van der Waals surface area contributed by atoms with Gasteiger partial charge in [0.25, 0.3) is 0 Å². The molecular weight excluding hydrogens is 248 g/mol. The normalized spacial score (nSPS) is 10.9. The van der Waals surface area contributed by atoms with E-state index in [1.165, 1.54) is 0 Å². The SMILES string of the molecule is Nc1cn2ccnc2c(NCCc2cscn2)n1. The van der Waals surface area contributed by atoms with Gasteiger partial charge in [-0.2, -0.15) is 0 Å². The molecule has 0 aliphatic heterocycles. The van der Waals surface area contributed by atoms with Crippen LogP contribution >= 0.6 is 11.3 Å². The molecule has 3 aromatic rings. The summed E-state index contributed by atoms with van der Waals surface area (Å²) in [6.07, 6.45) is 6.17. The highest BCUT2D eigenvalue weighted by Gasteiger charge is 2.05. The van der Waals surface area contributed by atoms with Crippen molar-refractivity contribution in [3.63, 3.8) is 0 Å². The maximum Gasteiger partial charge on any atom is 0.180 e. The second-order valence-corrected chi connectivity index (χ2v) is 4.55. The summed E-state index contributed by atoms with van der Waals surface area (Å²) in [4.78, 5) is 12.7. The minimum Gasteiger partial charge on any atom is -0.382 e. The monoisotopic (exact) mass is 260 g/mol. The number of anilines is 2. The minimum absolute atomic E-state index is 0.469. The molecule has 3 heterocycles. The van der Waals surface area contributed by atoms with Crippen molar-refractivity contribution in [3.05, 3.63) is 35.2 Å². The van der Waals surface area contributed by atoms with Gasteiger partial charge < -0.3 is 15.5 Å². The first-order valence-corrected chi connectivity index (χ1v) is 6.47. The molecule has 3 rings (SSSR count). The van der Waals surface area contributed by atoms with Crippen molar-refractivity contribution in [1.29, 1.82) is 0 Å². The molecule has 0 amide bonds. The van der Waals surface area contributed by atoms with Crippen LogP contribution in [0.15, 0.2) is 29.5 Å². The number of nitrogens with two attached hydrogens (primary N) is 1. The predicted molar refractivity (Wildman–Crippen MR) is 71.7 cm³/mol. The largest absolute Gasteiger partial charge is 0.382 e. The van der Waals surface area contributed by atoms with Gasteiger partial charge in [-0.15, -0.1) is 11.3 Å². The van der Waals surface area contributed by atoms with E-state index in [0.717, 1.165) is 24.3 Å². The second kappa shape index (κ2) is 4.61. The average Bonchev–Trinajstić information content (AvgIpc) is 2.98. The standard InChI is InChI=1S/C11H12N6S/c12-9-5-17-4-3-14-11(17)10(16-9)13-2-1-8-6-18-7-15-8/h3-7H,1-2,12H2,(H,13,16). The summed E-state index contributed by atoms with van der Waals surface area (Å²) in [6, 6.07) is 0. The molecule has 0 unspecified atom stereocenters. The maximum atomic E-state index is 5.74. The lowest BCUT2D eigenvalue weighted by molar-refractivity contribution is 0.965. The molecule has 18 heavy (non-hydrogen) atoms. The van der Waals surface area contributed by atoms with Gasteiger partial charge in [-0.1, -0.05) is 0 Å². The summed E-state index contributed by atoms with van der Waals surface area (Å²) in [5.41, 5.74) is 9.43. The maximum absolute atomic E-state index is 5.74. The lowest BCUT2D eigenvalue weighted by Gasteiger charge is -2.06. The van der Waals surface area contributed by atoms with E-state index in [-0.39, 0.29) is 0 Å². The molecule has 0 aliphatic carbocycles. The van der Waals surface area contributed by atoms with Gasteiger partial charge >= 0.3 is 0 Å². The molecule has 6 nitrogen and oxygen atoms in total. The molecule has 0 saturated carbocycles. The van der Waals surface area contributed by atoms with Crippen LogP contribution in [0.1, 0.15) is 5.69 Å². The van der Waals surface area contributed by atoms with E-state index in [2.05, 4.69) is 20.3 Å². The first-order valence-electron chi connectivity index (χ1n) is 5.53. The summed E-state index contributed by atoms with van der Waals surface area (Å²) in [6.45, 7) is 0.753. The molecule has 0 radical (unpaired) electrons. The number of aromatic nitrogens is 4. The van der Waals surface area contributed by atoms with Gasteiger partial charge in [0.1, 0.15) is 5.82 Å². The first-order chi connectivity index (χ1) is 8.83. The lowest BCUT2D eigenvalue weighted by atomic mass is 10.3. The Labute approximate surface area is 108 Å². The fraction of sp³-hybridized carbons (Fsp3) is 0.182. The van der Waals surface area contributed by atoms with Crippen molar-refractivity contribution in [3.8, 4) is 0 Å². The number of nitrogens with zero attached hydrogens (tertiary/aromatic N) is 4. The zero-order valence-corrected chi connectivity index (χ0v) is 10.4. The van der Waals surface area contributed by atoms with E-state index in [9.17, 15) is 0 Å². The third-order valence-electron chi connectivity index (χ3n) is 2.55. The zero-order chi connectivity index (χ0) is 12.4. The highest BCUT2D eigenvalue weighted by Crippen LogP contribution is 2.14. The van der Waals surface area contributed by atoms with Crippen LogP contribution in [0.2, 0.25) is 0 Å². The van der Waals surface area contributed by atoms with Crippen LogP contribution in [0.5, 0.6) is 0 Å². The highest BCUT2D eigenvalue weighted by molar-refractivity contribution is 7.07. The summed E-state index contributed by atoms with van der Waals surface area (Å²) in [5, 5.41) is 5.28. The Morgan fingerprint density at radius 2 is 2.33 bits per heavy atom. The molecule has 3 N–H and O–H groups in total. The first kappa shape index (κ1) is 11.0. The van der Waals surface area contributed by atoms with E-state index in [1.54, 1.807) is 23.7 Å². The van der Waals surface area contributed by atoms with Crippen molar-refractivity contribution in [2.24, 2.45) is 0 Å². The van der Waals surface area contributed by atoms with Crippen molar-refractivity contribution in [2.75, 3.05) is 17.6 Å². The van der Waals surface area contributed by atoms with Crippen LogP contribution in [-0.4, -0.2) is 25.9 Å². The van der Waals surface area contributed by atoms with Gasteiger partial charge in [0, 0.05) is 30.7 Å². The number of imidazole rings is 1. The Morgan fingerprint density at radius 3 is 3.17 bits per heavy atom. The van der Waals surface area contributed by atoms with Crippen molar-refractivity contribution >= 4 is 28.6 Å². The molecule has 92 valence electrons. The molecule has 0 saturated heterocycles. The number of rotatable bonds is 4. The Kier molecular flexibility index (Phi) is 2.81. The minimum atomic E-state index is 0.469. The molecule has 0 aliphatic rings. The van der Waals surface area contributed by atoms with E-state index in [1.807, 2.05) is 21.5 Å². The van der Waals surface area contributed by atoms with Crippen LogP contribution in [0.25, 0.3) is 5.65 Å². The number of hydrogen-bond acceptors (Lipinski definition) is 6. The number of hydrogen-bond donors (Lipinski definition) is 2. The molecule has 0 bridgehead atoms. The molecule has 0 spiro atoms. The molecule has 7 heteroatoms. The van der Waals surface area contributed by atoms with E-state index in [4.69, 9.17) is 5.73 Å². The average molecular weight is 260 g/mol. The Balaban J connectivity index is 1.75. The smallest absolute Gasteiger partial charge is 0.180 e. The molecule has 3 aromatic heterocycles. The quantitative estimate of drug-likeness (QED) is 0.741. The molecular formula is C11H12N6S. The second-order valence-electron chi connectivity index (χ2n) is 3.83. The summed E-state index contributed by atoms with van der Waals surface area (Å²) < 4.78 is 1.85. The third-order valence-corrected chi connectivity index (χ3v) is 3.19. The van der Waals surface area contributed by atoms with Crippen molar-refractivity contribution in [2.45, 2.75) is 6.42 Å². The number of thiazole rings is 1. The summed E-state index contributed by atoms with van der Waals surface area (Å²) in [5.74, 6) is 1.17. The summed E-state index contributed by atoms with van der Waals surface area (Å²) >= 11 is 1.60. The third kappa shape index (κ3) is 2.12. The van der Waals surface area contributed by atoms with Crippen LogP contribution in [-0.2, 0) is 6.42 Å². The number of nitrogens with one attached hydrogen (secondary N) is 1. The zero-order valence-electron chi connectivity index (χ0n) is 9.58. The highest BCUT2D eigenvalue weighted by atomic mass is 32.1. The predicted octanol–water partition coefficient (Wildman–Crippen LogP) is 1.42. The van der Waals surface area contributed by atoms with Gasteiger partial charge in [0.15, 0.2) is 11.5 Å². The van der Waals surface area contributed by atoms with E-state index < -0.39 is 0 Å². The number of fused-ring (bicyclic) bond motifs is 1. The topological polar surface area (TPSA) is 81.1 Å². The van der Waals surface area contributed by atoms with Crippen molar-refractivity contribution in [1.82, 2.24) is 19.4 Å². The van der Waals surface area contributed by atoms with Crippen LogP contribution in [0, 0.1) is 0 Å². The Morgan fingerprint density at radius 1 is 1.39 bits per heavy atom. The summed E-state index contributed by atoms with van der Waals surface area (Å²) in [7, 11) is 0. The lowest BCUT2D eigenvalue weighted by Crippen LogP contribution is -2.09. The van der Waals surface area contributed by atoms with Crippen LogP contribution < -0.4 is 11.1 Å².